The molecule has 0 spiro atoms. The third-order valence-electron chi connectivity index (χ3n) is 4.28. The second kappa shape index (κ2) is 10.2. The van der Waals surface area contributed by atoms with E-state index in [0.717, 1.165) is 25.7 Å². The van der Waals surface area contributed by atoms with Crippen molar-refractivity contribution in [1.29, 1.82) is 0 Å². The fraction of sp³-hybridized carbons (Fsp3) is 0.947. The van der Waals surface area contributed by atoms with Gasteiger partial charge in [0.2, 0.25) is 0 Å². The predicted molar refractivity (Wildman–Crippen MR) is 98.4 cm³/mol. The molecule has 144 valence electrons. The normalized spacial score (nSPS) is 13.0. The highest BCUT2D eigenvalue weighted by molar-refractivity contribution is 5.68. The van der Waals surface area contributed by atoms with Crippen molar-refractivity contribution < 1.29 is 19.0 Å². The predicted octanol–water partition coefficient (Wildman–Crippen LogP) is 4.68. The SMILES string of the molecule is CCCCC(C)(C)NC(=O)OCCC(C)(C)OCCC(C)(C)OC. The Morgan fingerprint density at radius 3 is 2.04 bits per heavy atom. The average molecular weight is 346 g/mol. The number of hydrogen-bond donors (Lipinski definition) is 1. The molecule has 0 aliphatic rings. The molecule has 0 rings (SSSR count). The molecule has 0 aromatic carbocycles. The molecule has 0 heterocycles. The molecule has 0 atom stereocenters. The van der Waals surface area contributed by atoms with Crippen LogP contribution in [0.5, 0.6) is 0 Å². The van der Waals surface area contributed by atoms with Crippen LogP contribution < -0.4 is 5.32 Å². The molecule has 0 saturated carbocycles. The molecular formula is C19H39NO4. The van der Waals surface area contributed by atoms with Crippen molar-refractivity contribution in [2.24, 2.45) is 0 Å². The fourth-order valence-electron chi connectivity index (χ4n) is 2.13. The molecule has 5 heteroatoms. The second-order valence-corrected chi connectivity index (χ2v) is 8.32. The summed E-state index contributed by atoms with van der Waals surface area (Å²) >= 11 is 0. The summed E-state index contributed by atoms with van der Waals surface area (Å²) < 4.78 is 16.6. The van der Waals surface area contributed by atoms with Gasteiger partial charge in [-0.1, -0.05) is 19.8 Å². The molecule has 24 heavy (non-hydrogen) atoms. The first-order chi connectivity index (χ1) is 10.9. The van der Waals surface area contributed by atoms with E-state index in [0.29, 0.717) is 19.6 Å². The number of carbonyl (C=O) groups is 1. The lowest BCUT2D eigenvalue weighted by Crippen LogP contribution is -2.44. The van der Waals surface area contributed by atoms with Crippen molar-refractivity contribution >= 4 is 6.09 Å². The van der Waals surface area contributed by atoms with Gasteiger partial charge in [-0.15, -0.1) is 0 Å². The summed E-state index contributed by atoms with van der Waals surface area (Å²) in [6.45, 7) is 15.3. The van der Waals surface area contributed by atoms with E-state index in [4.69, 9.17) is 14.2 Å². The van der Waals surface area contributed by atoms with Gasteiger partial charge in [-0.2, -0.15) is 0 Å². The first kappa shape index (κ1) is 23.2. The minimum absolute atomic E-state index is 0.184. The molecule has 5 nitrogen and oxygen atoms in total. The standard InChI is InChI=1S/C19H39NO4/c1-9-10-11-17(2,3)20-16(21)23-14-12-19(6,7)24-15-13-18(4,5)22-8/h9-15H2,1-8H3,(H,20,21). The van der Waals surface area contributed by atoms with Gasteiger partial charge in [-0.25, -0.2) is 4.79 Å². The van der Waals surface area contributed by atoms with E-state index in [1.165, 1.54) is 0 Å². The lowest BCUT2D eigenvalue weighted by molar-refractivity contribution is -0.0663. The number of unbranched alkanes of at least 4 members (excludes halogenated alkanes) is 1. The van der Waals surface area contributed by atoms with E-state index in [1.807, 2.05) is 41.5 Å². The van der Waals surface area contributed by atoms with Gasteiger partial charge < -0.3 is 19.5 Å². The Labute approximate surface area is 148 Å². The zero-order chi connectivity index (χ0) is 18.9. The Hall–Kier alpha value is -0.810. The Kier molecular flexibility index (Phi) is 9.90. The van der Waals surface area contributed by atoms with Crippen LogP contribution in [0.3, 0.4) is 0 Å². The molecule has 0 bridgehead atoms. The number of carbonyl (C=O) groups excluding carboxylic acids is 1. The van der Waals surface area contributed by atoms with Gasteiger partial charge in [0.05, 0.1) is 24.4 Å². The van der Waals surface area contributed by atoms with Crippen molar-refractivity contribution in [2.75, 3.05) is 20.3 Å². The van der Waals surface area contributed by atoms with Crippen LogP contribution >= 0.6 is 0 Å². The smallest absolute Gasteiger partial charge is 0.407 e. The Morgan fingerprint density at radius 2 is 1.50 bits per heavy atom. The van der Waals surface area contributed by atoms with Crippen molar-refractivity contribution in [3.8, 4) is 0 Å². The van der Waals surface area contributed by atoms with Gasteiger partial charge in [0.15, 0.2) is 0 Å². The first-order valence-electron chi connectivity index (χ1n) is 9.07. The molecular weight excluding hydrogens is 306 g/mol. The van der Waals surface area contributed by atoms with Crippen LogP contribution in [0.25, 0.3) is 0 Å². The maximum absolute atomic E-state index is 11.9. The zero-order valence-electron chi connectivity index (χ0n) is 17.1. The zero-order valence-corrected chi connectivity index (χ0v) is 17.1. The van der Waals surface area contributed by atoms with Gasteiger partial charge in [0.25, 0.3) is 0 Å². The molecule has 0 unspecified atom stereocenters. The maximum atomic E-state index is 11.9. The van der Waals surface area contributed by atoms with Crippen LogP contribution in [0.1, 0.15) is 80.6 Å². The summed E-state index contributed by atoms with van der Waals surface area (Å²) in [4.78, 5) is 11.9. The van der Waals surface area contributed by atoms with Crippen LogP contribution in [-0.4, -0.2) is 43.2 Å². The van der Waals surface area contributed by atoms with E-state index in [-0.39, 0.29) is 22.8 Å². The van der Waals surface area contributed by atoms with E-state index >= 15 is 0 Å². The number of methoxy groups -OCH3 is 1. The summed E-state index contributed by atoms with van der Waals surface area (Å²) in [5.74, 6) is 0. The minimum Gasteiger partial charge on any atom is -0.449 e. The third kappa shape index (κ3) is 11.7. The van der Waals surface area contributed by atoms with Gasteiger partial charge >= 0.3 is 6.09 Å². The number of nitrogens with one attached hydrogen (secondary N) is 1. The monoisotopic (exact) mass is 345 g/mol. The molecule has 0 fully saturated rings. The van der Waals surface area contributed by atoms with Crippen LogP contribution in [0.15, 0.2) is 0 Å². The van der Waals surface area contributed by atoms with Crippen molar-refractivity contribution in [1.82, 2.24) is 5.32 Å². The largest absolute Gasteiger partial charge is 0.449 e. The highest BCUT2D eigenvalue weighted by atomic mass is 16.6. The maximum Gasteiger partial charge on any atom is 0.407 e. The summed E-state index contributed by atoms with van der Waals surface area (Å²) in [6.07, 6.45) is 4.27. The summed E-state index contributed by atoms with van der Waals surface area (Å²) in [5.41, 5.74) is -0.747. The van der Waals surface area contributed by atoms with E-state index in [9.17, 15) is 4.79 Å². The van der Waals surface area contributed by atoms with Crippen LogP contribution in [0, 0.1) is 0 Å². The lowest BCUT2D eigenvalue weighted by atomic mass is 9.98. The Balaban J connectivity index is 4.04. The molecule has 0 aliphatic heterocycles. The van der Waals surface area contributed by atoms with Gasteiger partial charge in [0, 0.05) is 19.1 Å². The number of hydrogen-bond acceptors (Lipinski definition) is 4. The summed E-state index contributed by atoms with van der Waals surface area (Å²) in [7, 11) is 1.71. The van der Waals surface area contributed by atoms with Crippen LogP contribution in [0.4, 0.5) is 4.79 Å². The first-order valence-corrected chi connectivity index (χ1v) is 9.07. The summed E-state index contributed by atoms with van der Waals surface area (Å²) in [6, 6.07) is 0. The summed E-state index contributed by atoms with van der Waals surface area (Å²) in [5, 5.41) is 2.93. The van der Waals surface area contributed by atoms with Crippen LogP contribution in [-0.2, 0) is 14.2 Å². The number of alkyl carbamates (subject to hydrolysis) is 1. The van der Waals surface area contributed by atoms with Crippen molar-refractivity contribution in [3.05, 3.63) is 0 Å². The molecule has 1 amide bonds. The number of rotatable bonds is 12. The highest BCUT2D eigenvalue weighted by Crippen LogP contribution is 2.19. The number of amides is 1. The molecule has 0 radical (unpaired) electrons. The van der Waals surface area contributed by atoms with E-state index in [2.05, 4.69) is 12.2 Å². The molecule has 0 aromatic rings. The van der Waals surface area contributed by atoms with Crippen molar-refractivity contribution in [2.45, 2.75) is 97.3 Å². The number of ether oxygens (including phenoxy) is 3. The molecule has 1 N–H and O–H groups in total. The highest BCUT2D eigenvalue weighted by Gasteiger charge is 2.24. The van der Waals surface area contributed by atoms with E-state index in [1.54, 1.807) is 7.11 Å². The average Bonchev–Trinajstić information content (AvgIpc) is 2.44. The molecule has 0 saturated heterocycles. The topological polar surface area (TPSA) is 56.8 Å². The Bertz CT molecular complexity index is 364. The van der Waals surface area contributed by atoms with E-state index < -0.39 is 0 Å². The Morgan fingerprint density at radius 1 is 0.917 bits per heavy atom. The third-order valence-corrected chi connectivity index (χ3v) is 4.28. The van der Waals surface area contributed by atoms with Gasteiger partial charge in [-0.3, -0.25) is 0 Å². The fourth-order valence-corrected chi connectivity index (χ4v) is 2.13. The van der Waals surface area contributed by atoms with Gasteiger partial charge in [-0.05, 0) is 54.4 Å². The van der Waals surface area contributed by atoms with Crippen molar-refractivity contribution in [3.63, 3.8) is 0 Å². The quantitative estimate of drug-likeness (QED) is 0.558. The lowest BCUT2D eigenvalue weighted by Gasteiger charge is -2.29. The van der Waals surface area contributed by atoms with Gasteiger partial charge in [0.1, 0.15) is 0 Å². The minimum atomic E-state index is -0.354. The molecule has 0 aliphatic carbocycles. The molecule has 0 aromatic heterocycles. The second-order valence-electron chi connectivity index (χ2n) is 8.32. The van der Waals surface area contributed by atoms with Crippen LogP contribution in [0.2, 0.25) is 0 Å².